The zero-order valence-corrected chi connectivity index (χ0v) is 17.4. The lowest BCUT2D eigenvalue weighted by Gasteiger charge is -2.19. The van der Waals surface area contributed by atoms with Gasteiger partial charge in [0.1, 0.15) is 11.4 Å². The van der Waals surface area contributed by atoms with Crippen LogP contribution in [0.2, 0.25) is 0 Å². The molecule has 0 aliphatic heterocycles. The number of hydrogen-bond donors (Lipinski definition) is 1. The van der Waals surface area contributed by atoms with Gasteiger partial charge in [0.25, 0.3) is 0 Å². The van der Waals surface area contributed by atoms with Crippen molar-refractivity contribution in [2.75, 3.05) is 0 Å². The molecule has 1 aromatic heterocycles. The lowest BCUT2D eigenvalue weighted by molar-refractivity contribution is -0.386. The van der Waals surface area contributed by atoms with E-state index < -0.39 is 4.92 Å². The maximum Gasteiger partial charge on any atom is 0.312 e. The fourth-order valence-corrected chi connectivity index (χ4v) is 3.36. The van der Waals surface area contributed by atoms with Gasteiger partial charge >= 0.3 is 5.69 Å². The maximum atomic E-state index is 12.4. The van der Waals surface area contributed by atoms with Gasteiger partial charge in [-0.15, -0.1) is 0 Å². The Hall–Kier alpha value is -2.70. The van der Waals surface area contributed by atoms with Crippen molar-refractivity contribution in [2.45, 2.75) is 72.4 Å². The normalized spacial score (nSPS) is 13.2. The minimum absolute atomic E-state index is 0.0215. The van der Waals surface area contributed by atoms with Crippen LogP contribution in [0.15, 0.2) is 24.3 Å². The molecule has 0 spiro atoms. The summed E-state index contributed by atoms with van der Waals surface area (Å²) in [5.74, 6) is 0.432. The average Bonchev–Trinajstić information content (AvgIpc) is 2.97. The molecule has 2 atom stereocenters. The first-order valence-corrected chi connectivity index (χ1v) is 9.86. The Balaban J connectivity index is 1.99. The molecule has 1 aromatic carbocycles. The second-order valence-electron chi connectivity index (χ2n) is 7.25. The standard InChI is InChI=1S/C21H30N4O3/c1-6-14(3)17-8-10-18(11-9-17)19(7-2)22-20(26)12-13-24-16(5)21(25(27)28)15(4)23-24/h8-11,14,19H,6-7,12-13H2,1-5H3,(H,22,26). The van der Waals surface area contributed by atoms with Gasteiger partial charge in [-0.05, 0) is 43.7 Å². The molecule has 28 heavy (non-hydrogen) atoms. The molecule has 7 heteroatoms. The van der Waals surface area contributed by atoms with Gasteiger partial charge in [-0.2, -0.15) is 5.10 Å². The lowest BCUT2D eigenvalue weighted by atomic mass is 9.95. The van der Waals surface area contributed by atoms with Gasteiger partial charge in [0.2, 0.25) is 5.91 Å². The summed E-state index contributed by atoms with van der Waals surface area (Å²) in [6.45, 7) is 10.00. The van der Waals surface area contributed by atoms with E-state index in [1.54, 1.807) is 13.8 Å². The Labute approximate surface area is 166 Å². The maximum absolute atomic E-state index is 12.4. The molecule has 0 aliphatic rings. The van der Waals surface area contributed by atoms with E-state index in [2.05, 4.69) is 48.5 Å². The lowest BCUT2D eigenvalue weighted by Crippen LogP contribution is -2.29. The third kappa shape index (κ3) is 4.97. The predicted octanol–water partition coefficient (Wildman–Crippen LogP) is 4.58. The second kappa shape index (κ2) is 9.48. The Kier molecular flexibility index (Phi) is 7.31. The molecular weight excluding hydrogens is 356 g/mol. The molecule has 1 N–H and O–H groups in total. The van der Waals surface area contributed by atoms with E-state index in [1.807, 2.05) is 6.92 Å². The number of nitrogens with one attached hydrogen (secondary N) is 1. The van der Waals surface area contributed by atoms with Crippen LogP contribution < -0.4 is 5.32 Å². The van der Waals surface area contributed by atoms with Crippen molar-refractivity contribution in [2.24, 2.45) is 0 Å². The quantitative estimate of drug-likeness (QED) is 0.504. The van der Waals surface area contributed by atoms with Crippen molar-refractivity contribution in [3.8, 4) is 0 Å². The third-order valence-corrected chi connectivity index (χ3v) is 5.34. The molecule has 2 aromatic rings. The van der Waals surface area contributed by atoms with Crippen molar-refractivity contribution in [3.05, 3.63) is 56.9 Å². The summed E-state index contributed by atoms with van der Waals surface area (Å²) in [6.07, 6.45) is 2.11. The number of nitro groups is 1. The minimum Gasteiger partial charge on any atom is -0.349 e. The van der Waals surface area contributed by atoms with Crippen LogP contribution in [0.4, 0.5) is 5.69 Å². The fourth-order valence-electron chi connectivity index (χ4n) is 3.36. The number of rotatable bonds is 9. The molecule has 152 valence electrons. The Morgan fingerprint density at radius 3 is 2.29 bits per heavy atom. The first-order valence-electron chi connectivity index (χ1n) is 9.86. The second-order valence-corrected chi connectivity index (χ2v) is 7.25. The summed E-state index contributed by atoms with van der Waals surface area (Å²) < 4.78 is 1.54. The molecule has 0 aliphatic carbocycles. The summed E-state index contributed by atoms with van der Waals surface area (Å²) in [7, 11) is 0. The van der Waals surface area contributed by atoms with Crippen LogP contribution in [0.3, 0.4) is 0 Å². The molecule has 2 rings (SSSR count). The number of hydrogen-bond acceptors (Lipinski definition) is 4. The van der Waals surface area contributed by atoms with Crippen molar-refractivity contribution in [3.63, 3.8) is 0 Å². The van der Waals surface area contributed by atoms with Gasteiger partial charge in [0.05, 0.1) is 17.5 Å². The van der Waals surface area contributed by atoms with Crippen LogP contribution in [-0.4, -0.2) is 20.6 Å². The molecule has 0 bridgehead atoms. The van der Waals surface area contributed by atoms with Gasteiger partial charge in [-0.1, -0.05) is 45.0 Å². The van der Waals surface area contributed by atoms with E-state index in [0.29, 0.717) is 23.9 Å². The third-order valence-electron chi connectivity index (χ3n) is 5.34. The highest BCUT2D eigenvalue weighted by Crippen LogP contribution is 2.24. The number of aryl methyl sites for hydroxylation is 2. The number of nitrogens with zero attached hydrogens (tertiary/aromatic N) is 3. The minimum atomic E-state index is -0.426. The van der Waals surface area contributed by atoms with Crippen LogP contribution in [0.5, 0.6) is 0 Å². The number of aromatic nitrogens is 2. The molecular formula is C21H30N4O3. The molecule has 2 unspecified atom stereocenters. The summed E-state index contributed by atoms with van der Waals surface area (Å²) in [6, 6.07) is 8.38. The summed E-state index contributed by atoms with van der Waals surface area (Å²) in [5.41, 5.74) is 3.26. The van der Waals surface area contributed by atoms with E-state index in [0.717, 1.165) is 18.4 Å². The smallest absolute Gasteiger partial charge is 0.312 e. The van der Waals surface area contributed by atoms with E-state index in [-0.39, 0.29) is 24.1 Å². The molecule has 0 saturated heterocycles. The summed E-state index contributed by atoms with van der Waals surface area (Å²) in [4.78, 5) is 23.1. The predicted molar refractivity (Wildman–Crippen MR) is 109 cm³/mol. The van der Waals surface area contributed by atoms with Crippen LogP contribution in [0, 0.1) is 24.0 Å². The zero-order valence-electron chi connectivity index (χ0n) is 17.4. The van der Waals surface area contributed by atoms with Crippen molar-refractivity contribution < 1.29 is 9.72 Å². The van der Waals surface area contributed by atoms with Crippen LogP contribution in [-0.2, 0) is 11.3 Å². The number of carbonyl (C=O) groups is 1. The Morgan fingerprint density at radius 2 is 1.79 bits per heavy atom. The molecule has 0 saturated carbocycles. The zero-order chi connectivity index (χ0) is 20.8. The van der Waals surface area contributed by atoms with Gasteiger partial charge in [-0.3, -0.25) is 19.6 Å². The SMILES string of the molecule is CCC(C)c1ccc(C(CC)NC(=O)CCn2nc(C)c([N+](=O)[O-])c2C)cc1. The molecule has 1 amide bonds. The highest BCUT2D eigenvalue weighted by atomic mass is 16.6. The fraction of sp³-hybridized carbons (Fsp3) is 0.524. The topological polar surface area (TPSA) is 90.1 Å². The van der Waals surface area contributed by atoms with E-state index in [1.165, 1.54) is 10.2 Å². The van der Waals surface area contributed by atoms with Crippen molar-refractivity contribution in [1.29, 1.82) is 0 Å². The largest absolute Gasteiger partial charge is 0.349 e. The van der Waals surface area contributed by atoms with E-state index >= 15 is 0 Å². The summed E-state index contributed by atoms with van der Waals surface area (Å²) in [5, 5.41) is 18.3. The Morgan fingerprint density at radius 1 is 1.18 bits per heavy atom. The van der Waals surface area contributed by atoms with E-state index in [4.69, 9.17) is 0 Å². The van der Waals surface area contributed by atoms with Crippen LogP contribution >= 0.6 is 0 Å². The van der Waals surface area contributed by atoms with Crippen LogP contribution in [0.1, 0.15) is 74.5 Å². The molecule has 0 fully saturated rings. The van der Waals surface area contributed by atoms with Gasteiger partial charge in [0.15, 0.2) is 0 Å². The highest BCUT2D eigenvalue weighted by molar-refractivity contribution is 5.76. The average molecular weight is 386 g/mol. The van der Waals surface area contributed by atoms with Crippen LogP contribution in [0.25, 0.3) is 0 Å². The number of carbonyl (C=O) groups excluding carboxylic acids is 1. The van der Waals surface area contributed by atoms with Gasteiger partial charge < -0.3 is 5.32 Å². The first-order chi connectivity index (χ1) is 13.3. The molecule has 7 nitrogen and oxygen atoms in total. The van der Waals surface area contributed by atoms with Crippen molar-refractivity contribution >= 4 is 11.6 Å². The number of amides is 1. The Bertz CT molecular complexity index is 827. The number of benzene rings is 1. The van der Waals surface area contributed by atoms with Gasteiger partial charge in [0, 0.05) is 6.42 Å². The molecule has 0 radical (unpaired) electrons. The first kappa shape index (κ1) is 21.6. The van der Waals surface area contributed by atoms with Gasteiger partial charge in [-0.25, -0.2) is 0 Å². The summed E-state index contributed by atoms with van der Waals surface area (Å²) >= 11 is 0. The highest BCUT2D eigenvalue weighted by Gasteiger charge is 2.22. The van der Waals surface area contributed by atoms with E-state index in [9.17, 15) is 14.9 Å². The van der Waals surface area contributed by atoms with Crippen molar-refractivity contribution in [1.82, 2.24) is 15.1 Å². The monoisotopic (exact) mass is 386 g/mol. The molecule has 1 heterocycles.